The SMILES string of the molecule is CCC(CC(=N)N)N1CCCCCCC1. The van der Waals surface area contributed by atoms with Gasteiger partial charge in [0.25, 0.3) is 0 Å². The lowest BCUT2D eigenvalue weighted by Gasteiger charge is -2.32. The highest BCUT2D eigenvalue weighted by Crippen LogP contribution is 2.16. The lowest BCUT2D eigenvalue weighted by molar-refractivity contribution is 0.178. The summed E-state index contributed by atoms with van der Waals surface area (Å²) in [4.78, 5) is 2.54. The second-order valence-corrected chi connectivity index (χ2v) is 4.60. The Morgan fingerprint density at radius 3 is 2.20 bits per heavy atom. The van der Waals surface area contributed by atoms with E-state index in [2.05, 4.69) is 11.8 Å². The number of hydrogen-bond acceptors (Lipinski definition) is 2. The molecule has 0 aromatic carbocycles. The van der Waals surface area contributed by atoms with Crippen LogP contribution in [0.1, 0.15) is 51.9 Å². The largest absolute Gasteiger partial charge is 0.388 e. The first-order chi connectivity index (χ1) is 7.24. The van der Waals surface area contributed by atoms with Crippen LogP contribution in [0.4, 0.5) is 0 Å². The van der Waals surface area contributed by atoms with Crippen LogP contribution in [0.3, 0.4) is 0 Å². The van der Waals surface area contributed by atoms with Crippen molar-refractivity contribution in [1.29, 1.82) is 5.41 Å². The van der Waals surface area contributed by atoms with Gasteiger partial charge in [0.2, 0.25) is 0 Å². The van der Waals surface area contributed by atoms with Gasteiger partial charge in [-0.15, -0.1) is 0 Å². The lowest BCUT2D eigenvalue weighted by atomic mass is 10.0. The minimum absolute atomic E-state index is 0.337. The highest BCUT2D eigenvalue weighted by molar-refractivity contribution is 5.77. The normalized spacial score (nSPS) is 21.7. The summed E-state index contributed by atoms with van der Waals surface area (Å²) in [7, 11) is 0. The molecule has 1 saturated heterocycles. The van der Waals surface area contributed by atoms with Crippen LogP contribution in [0.25, 0.3) is 0 Å². The van der Waals surface area contributed by atoms with Gasteiger partial charge in [-0.3, -0.25) is 10.3 Å². The van der Waals surface area contributed by atoms with Crippen LogP contribution in [0, 0.1) is 5.41 Å². The Labute approximate surface area is 93.5 Å². The van der Waals surface area contributed by atoms with Crippen LogP contribution in [0.15, 0.2) is 0 Å². The predicted molar refractivity (Wildman–Crippen MR) is 65.3 cm³/mol. The van der Waals surface area contributed by atoms with E-state index in [1.165, 1.54) is 45.2 Å². The first kappa shape index (κ1) is 12.5. The highest BCUT2D eigenvalue weighted by atomic mass is 15.2. The zero-order valence-corrected chi connectivity index (χ0v) is 9.97. The van der Waals surface area contributed by atoms with Gasteiger partial charge in [-0.25, -0.2) is 0 Å². The van der Waals surface area contributed by atoms with Gasteiger partial charge < -0.3 is 5.73 Å². The third kappa shape index (κ3) is 4.65. The number of nitrogens with one attached hydrogen (secondary N) is 1. The Kier molecular flexibility index (Phi) is 5.69. The summed E-state index contributed by atoms with van der Waals surface area (Å²) in [5, 5.41) is 7.40. The van der Waals surface area contributed by atoms with Crippen LogP contribution in [-0.4, -0.2) is 29.9 Å². The lowest BCUT2D eigenvalue weighted by Crippen LogP contribution is -2.39. The molecule has 0 bridgehead atoms. The Bertz CT molecular complexity index is 183. The van der Waals surface area contributed by atoms with Gasteiger partial charge in [0.1, 0.15) is 0 Å². The zero-order valence-electron chi connectivity index (χ0n) is 9.97. The molecule has 0 amide bonds. The molecular formula is C12H25N3. The first-order valence-electron chi connectivity index (χ1n) is 6.31. The number of nitrogens with zero attached hydrogens (tertiary/aromatic N) is 1. The number of likely N-dealkylation sites (tertiary alicyclic amines) is 1. The molecule has 88 valence electrons. The second-order valence-electron chi connectivity index (χ2n) is 4.60. The van der Waals surface area contributed by atoms with Crippen molar-refractivity contribution in [2.45, 2.75) is 57.9 Å². The molecule has 1 aliphatic rings. The quantitative estimate of drug-likeness (QED) is 0.554. The standard InChI is InChI=1S/C12H25N3/c1-2-11(10-12(13)14)15-8-6-4-3-5-7-9-15/h11H,2-10H2,1H3,(H3,13,14). The third-order valence-electron chi connectivity index (χ3n) is 3.33. The van der Waals surface area contributed by atoms with E-state index in [4.69, 9.17) is 11.1 Å². The molecule has 0 spiro atoms. The first-order valence-corrected chi connectivity index (χ1v) is 6.31. The number of rotatable bonds is 4. The van der Waals surface area contributed by atoms with E-state index in [0.29, 0.717) is 11.9 Å². The van der Waals surface area contributed by atoms with Gasteiger partial charge in [0, 0.05) is 12.5 Å². The summed E-state index contributed by atoms with van der Waals surface area (Å²) < 4.78 is 0. The average Bonchev–Trinajstić information content (AvgIpc) is 2.14. The van der Waals surface area contributed by atoms with Gasteiger partial charge >= 0.3 is 0 Å². The Hall–Kier alpha value is -0.570. The Morgan fingerprint density at radius 1 is 1.20 bits per heavy atom. The molecule has 1 heterocycles. The molecule has 0 radical (unpaired) electrons. The van der Waals surface area contributed by atoms with E-state index < -0.39 is 0 Å². The Balaban J connectivity index is 2.44. The minimum Gasteiger partial charge on any atom is -0.388 e. The molecule has 1 aliphatic heterocycles. The van der Waals surface area contributed by atoms with E-state index >= 15 is 0 Å². The minimum atomic E-state index is 0.337. The zero-order chi connectivity index (χ0) is 11.1. The molecule has 15 heavy (non-hydrogen) atoms. The van der Waals surface area contributed by atoms with E-state index in [1.54, 1.807) is 0 Å². The molecule has 1 fully saturated rings. The number of hydrogen-bond donors (Lipinski definition) is 2. The van der Waals surface area contributed by atoms with Gasteiger partial charge in [-0.05, 0) is 32.4 Å². The van der Waals surface area contributed by atoms with Gasteiger partial charge in [-0.1, -0.05) is 26.2 Å². The molecule has 1 rings (SSSR count). The fourth-order valence-corrected chi connectivity index (χ4v) is 2.42. The monoisotopic (exact) mass is 211 g/mol. The summed E-state index contributed by atoms with van der Waals surface area (Å²) in [5.41, 5.74) is 5.50. The molecule has 3 N–H and O–H groups in total. The predicted octanol–water partition coefficient (Wildman–Crippen LogP) is 2.36. The maximum absolute atomic E-state index is 7.40. The van der Waals surface area contributed by atoms with Crippen molar-refractivity contribution >= 4 is 5.84 Å². The van der Waals surface area contributed by atoms with E-state index in [9.17, 15) is 0 Å². The van der Waals surface area contributed by atoms with Crippen molar-refractivity contribution in [2.24, 2.45) is 5.73 Å². The molecule has 0 saturated carbocycles. The fourth-order valence-electron chi connectivity index (χ4n) is 2.42. The molecule has 1 atom stereocenters. The molecular weight excluding hydrogens is 186 g/mol. The van der Waals surface area contributed by atoms with Crippen LogP contribution >= 0.6 is 0 Å². The van der Waals surface area contributed by atoms with Crippen molar-refractivity contribution in [2.75, 3.05) is 13.1 Å². The van der Waals surface area contributed by atoms with E-state index in [1.807, 2.05) is 0 Å². The van der Waals surface area contributed by atoms with Gasteiger partial charge in [0.15, 0.2) is 0 Å². The summed E-state index contributed by atoms with van der Waals surface area (Å²) in [6.07, 6.45) is 8.62. The molecule has 0 aliphatic carbocycles. The van der Waals surface area contributed by atoms with Gasteiger partial charge in [0.05, 0.1) is 5.84 Å². The van der Waals surface area contributed by atoms with Crippen molar-refractivity contribution in [3.05, 3.63) is 0 Å². The average molecular weight is 211 g/mol. The second kappa shape index (κ2) is 6.83. The topological polar surface area (TPSA) is 53.1 Å². The molecule has 0 aromatic rings. The smallest absolute Gasteiger partial charge is 0.0921 e. The third-order valence-corrected chi connectivity index (χ3v) is 3.33. The molecule has 0 aromatic heterocycles. The summed E-state index contributed by atoms with van der Waals surface area (Å²) in [6, 6.07) is 0.501. The number of amidine groups is 1. The maximum Gasteiger partial charge on any atom is 0.0921 e. The number of nitrogens with two attached hydrogens (primary N) is 1. The van der Waals surface area contributed by atoms with Crippen molar-refractivity contribution in [3.8, 4) is 0 Å². The summed E-state index contributed by atoms with van der Waals surface area (Å²) in [5.74, 6) is 0.337. The highest BCUT2D eigenvalue weighted by Gasteiger charge is 2.17. The van der Waals surface area contributed by atoms with Crippen LogP contribution in [0.2, 0.25) is 0 Å². The van der Waals surface area contributed by atoms with Crippen molar-refractivity contribution in [3.63, 3.8) is 0 Å². The summed E-state index contributed by atoms with van der Waals surface area (Å²) >= 11 is 0. The molecule has 3 nitrogen and oxygen atoms in total. The van der Waals surface area contributed by atoms with Crippen LogP contribution in [-0.2, 0) is 0 Å². The molecule has 1 unspecified atom stereocenters. The van der Waals surface area contributed by atoms with Crippen LogP contribution in [0.5, 0.6) is 0 Å². The summed E-state index contributed by atoms with van der Waals surface area (Å²) in [6.45, 7) is 4.60. The Morgan fingerprint density at radius 2 is 1.73 bits per heavy atom. The van der Waals surface area contributed by atoms with E-state index in [-0.39, 0.29) is 0 Å². The molecule has 3 heteroatoms. The van der Waals surface area contributed by atoms with E-state index in [0.717, 1.165) is 12.8 Å². The van der Waals surface area contributed by atoms with Crippen molar-refractivity contribution in [1.82, 2.24) is 4.90 Å². The van der Waals surface area contributed by atoms with Crippen molar-refractivity contribution < 1.29 is 0 Å². The van der Waals surface area contributed by atoms with Gasteiger partial charge in [-0.2, -0.15) is 0 Å². The maximum atomic E-state index is 7.40. The fraction of sp³-hybridized carbons (Fsp3) is 0.917. The van der Waals surface area contributed by atoms with Crippen LogP contribution < -0.4 is 5.73 Å².